The van der Waals surface area contributed by atoms with Gasteiger partial charge >= 0.3 is 0 Å². The van der Waals surface area contributed by atoms with Gasteiger partial charge < -0.3 is 20.1 Å². The van der Waals surface area contributed by atoms with Crippen molar-refractivity contribution in [2.24, 2.45) is 5.41 Å². The van der Waals surface area contributed by atoms with E-state index in [1.165, 1.54) is 0 Å². The molecule has 10 heteroatoms. The first-order valence-corrected chi connectivity index (χ1v) is 13.4. The van der Waals surface area contributed by atoms with Crippen LogP contribution in [0.4, 0.5) is 11.6 Å². The van der Waals surface area contributed by atoms with E-state index in [4.69, 9.17) is 9.47 Å². The molecular formula is C32H34N6O4. The quantitative estimate of drug-likeness (QED) is 0.209. The van der Waals surface area contributed by atoms with Gasteiger partial charge in [0.25, 0.3) is 11.5 Å². The third-order valence-corrected chi connectivity index (χ3v) is 6.49. The topological polar surface area (TPSA) is 131 Å². The highest BCUT2D eigenvalue weighted by Crippen LogP contribution is 2.29. The second kappa shape index (κ2) is 12.6. The van der Waals surface area contributed by atoms with Gasteiger partial charge in [0.1, 0.15) is 28.8 Å². The highest BCUT2D eigenvalue weighted by atomic mass is 16.5. The number of methoxy groups -OCH3 is 2. The molecule has 2 aromatic carbocycles. The number of aromatic nitrogens is 3. The number of hydrogen-bond donors (Lipinski definition) is 2. The van der Waals surface area contributed by atoms with E-state index in [1.54, 1.807) is 74.5 Å². The molecule has 2 N–H and O–H groups in total. The van der Waals surface area contributed by atoms with Gasteiger partial charge in [0, 0.05) is 42.5 Å². The summed E-state index contributed by atoms with van der Waals surface area (Å²) < 4.78 is 12.5. The number of carbonyl (C=O) groups is 1. The molecule has 2 heterocycles. The number of anilines is 2. The lowest BCUT2D eigenvalue weighted by atomic mass is 9.93. The molecule has 216 valence electrons. The molecule has 1 amide bonds. The third-order valence-electron chi connectivity index (χ3n) is 6.49. The number of allylic oxidation sites excluding steroid dienone is 1. The Kier molecular flexibility index (Phi) is 8.91. The van der Waals surface area contributed by atoms with Crippen molar-refractivity contribution in [3.05, 3.63) is 82.3 Å². The summed E-state index contributed by atoms with van der Waals surface area (Å²) in [4.78, 5) is 35.4. The standard InChI is InChI=1S/C32H34N6O4/c1-32(2,3)17-23(18-33)29(39)36-24-9-7-20(8-10-24)11-12-38-28-22(19-35-31(34-4)37-28)15-27(30(38)40)21-13-25(41-5)16-26(14-21)42-6/h7-10,13-17,19H,11-12H2,1-6H3,(H,36,39)(H,34,35,37)/b23-17+. The molecule has 0 aliphatic carbocycles. The molecule has 0 aliphatic rings. The predicted octanol–water partition coefficient (Wildman–Crippen LogP) is 5.19. The smallest absolute Gasteiger partial charge is 0.265 e. The van der Waals surface area contributed by atoms with Gasteiger partial charge in [-0.2, -0.15) is 10.2 Å². The van der Waals surface area contributed by atoms with Crippen LogP contribution in [-0.4, -0.2) is 41.7 Å². The molecule has 0 unspecified atom stereocenters. The monoisotopic (exact) mass is 566 g/mol. The van der Waals surface area contributed by atoms with E-state index in [9.17, 15) is 14.9 Å². The number of nitrogens with zero attached hydrogens (tertiary/aromatic N) is 4. The number of nitriles is 1. The summed E-state index contributed by atoms with van der Waals surface area (Å²) in [6.07, 6.45) is 3.87. The van der Waals surface area contributed by atoms with Crippen molar-refractivity contribution in [2.75, 3.05) is 31.9 Å². The van der Waals surface area contributed by atoms with Crippen LogP contribution in [0.1, 0.15) is 26.3 Å². The first-order chi connectivity index (χ1) is 20.0. The van der Waals surface area contributed by atoms with Crippen LogP contribution in [-0.2, 0) is 17.8 Å². The van der Waals surface area contributed by atoms with Gasteiger partial charge in [-0.05, 0) is 53.3 Å². The highest BCUT2D eigenvalue weighted by Gasteiger charge is 2.17. The molecule has 4 aromatic rings. The van der Waals surface area contributed by atoms with E-state index >= 15 is 0 Å². The lowest BCUT2D eigenvalue weighted by molar-refractivity contribution is -0.112. The molecule has 10 nitrogen and oxygen atoms in total. The van der Waals surface area contributed by atoms with Crippen LogP contribution in [0.25, 0.3) is 22.2 Å². The molecule has 0 bridgehead atoms. The van der Waals surface area contributed by atoms with Gasteiger partial charge in [0.05, 0.1) is 14.2 Å². The van der Waals surface area contributed by atoms with Crippen LogP contribution in [0.3, 0.4) is 0 Å². The zero-order valence-electron chi connectivity index (χ0n) is 24.6. The Bertz CT molecular complexity index is 1720. The van der Waals surface area contributed by atoms with Gasteiger partial charge in [-0.1, -0.05) is 39.0 Å². The van der Waals surface area contributed by atoms with E-state index in [0.29, 0.717) is 58.3 Å². The number of fused-ring (bicyclic) bond motifs is 1. The lowest BCUT2D eigenvalue weighted by Gasteiger charge is -2.15. The van der Waals surface area contributed by atoms with Crippen molar-refractivity contribution < 1.29 is 14.3 Å². The first-order valence-electron chi connectivity index (χ1n) is 13.4. The summed E-state index contributed by atoms with van der Waals surface area (Å²) in [7, 11) is 4.84. The van der Waals surface area contributed by atoms with Gasteiger partial charge in [-0.25, -0.2) is 4.98 Å². The van der Waals surface area contributed by atoms with Crippen molar-refractivity contribution in [1.82, 2.24) is 14.5 Å². The van der Waals surface area contributed by atoms with Crippen molar-refractivity contribution in [3.63, 3.8) is 0 Å². The number of pyridine rings is 1. The minimum Gasteiger partial charge on any atom is -0.497 e. The molecule has 0 spiro atoms. The third kappa shape index (κ3) is 6.93. The van der Waals surface area contributed by atoms with E-state index in [1.807, 2.05) is 39.0 Å². The molecule has 42 heavy (non-hydrogen) atoms. The largest absolute Gasteiger partial charge is 0.497 e. The Morgan fingerprint density at radius 3 is 2.31 bits per heavy atom. The van der Waals surface area contributed by atoms with Crippen LogP contribution in [0.2, 0.25) is 0 Å². The maximum atomic E-state index is 13.9. The molecule has 2 aromatic heterocycles. The Balaban J connectivity index is 1.65. The average Bonchev–Trinajstić information content (AvgIpc) is 2.98. The number of amides is 1. The van der Waals surface area contributed by atoms with Crippen molar-refractivity contribution in [2.45, 2.75) is 33.7 Å². The van der Waals surface area contributed by atoms with Crippen molar-refractivity contribution >= 4 is 28.6 Å². The molecule has 0 saturated carbocycles. The van der Waals surface area contributed by atoms with E-state index in [2.05, 4.69) is 20.6 Å². The number of rotatable bonds is 9. The van der Waals surface area contributed by atoms with Gasteiger partial charge in [-0.15, -0.1) is 0 Å². The van der Waals surface area contributed by atoms with Gasteiger partial charge in [0.15, 0.2) is 0 Å². The van der Waals surface area contributed by atoms with Gasteiger partial charge in [-0.3, -0.25) is 14.2 Å². The SMILES string of the molecule is CNc1ncc2cc(-c3cc(OC)cc(OC)c3)c(=O)n(CCc3ccc(NC(=O)/C(C#N)=C/C(C)(C)C)cc3)c2n1. The predicted molar refractivity (Wildman–Crippen MR) is 164 cm³/mol. The first kappa shape index (κ1) is 29.8. The summed E-state index contributed by atoms with van der Waals surface area (Å²) in [5, 5.41) is 15.8. The highest BCUT2D eigenvalue weighted by molar-refractivity contribution is 6.06. The zero-order valence-corrected chi connectivity index (χ0v) is 24.6. The number of benzene rings is 2. The minimum absolute atomic E-state index is 0.0642. The van der Waals surface area contributed by atoms with E-state index < -0.39 is 5.91 Å². The van der Waals surface area contributed by atoms with Crippen LogP contribution in [0, 0.1) is 16.7 Å². The summed E-state index contributed by atoms with van der Waals surface area (Å²) in [6.45, 7) is 6.13. The number of carbonyl (C=O) groups excluding carboxylic acids is 1. The number of hydrogen-bond acceptors (Lipinski definition) is 8. The minimum atomic E-state index is -0.454. The molecule has 0 atom stereocenters. The Hall–Kier alpha value is -5.17. The fourth-order valence-electron chi connectivity index (χ4n) is 4.43. The Morgan fingerprint density at radius 1 is 1.07 bits per heavy atom. The van der Waals surface area contributed by atoms with Crippen molar-refractivity contribution in [1.29, 1.82) is 5.26 Å². The second-order valence-electron chi connectivity index (χ2n) is 10.8. The lowest BCUT2D eigenvalue weighted by Crippen LogP contribution is -2.24. The second-order valence-corrected chi connectivity index (χ2v) is 10.8. The average molecular weight is 567 g/mol. The summed E-state index contributed by atoms with van der Waals surface area (Å²) in [6, 6.07) is 16.4. The number of nitrogens with one attached hydrogen (secondary N) is 2. The van der Waals surface area contributed by atoms with Crippen LogP contribution in [0.5, 0.6) is 11.5 Å². The van der Waals surface area contributed by atoms with Crippen molar-refractivity contribution in [3.8, 4) is 28.7 Å². The van der Waals surface area contributed by atoms with Gasteiger partial charge in [0.2, 0.25) is 5.95 Å². The molecule has 0 fully saturated rings. The van der Waals surface area contributed by atoms with E-state index in [0.717, 1.165) is 5.56 Å². The summed E-state index contributed by atoms with van der Waals surface area (Å²) in [5.74, 6) is 1.09. The molecule has 4 rings (SSSR count). The fourth-order valence-corrected chi connectivity index (χ4v) is 4.43. The maximum absolute atomic E-state index is 13.9. The van der Waals surface area contributed by atoms with Crippen LogP contribution in [0.15, 0.2) is 71.2 Å². The summed E-state index contributed by atoms with van der Waals surface area (Å²) in [5.41, 5.74) is 2.71. The zero-order chi connectivity index (χ0) is 30.4. The normalized spacial score (nSPS) is 11.6. The Labute approximate surface area is 244 Å². The maximum Gasteiger partial charge on any atom is 0.265 e. The van der Waals surface area contributed by atoms with E-state index in [-0.39, 0.29) is 16.5 Å². The van der Waals surface area contributed by atoms with Crippen LogP contribution < -0.4 is 25.7 Å². The van der Waals surface area contributed by atoms with Crippen LogP contribution >= 0.6 is 0 Å². The summed E-state index contributed by atoms with van der Waals surface area (Å²) >= 11 is 0. The fraction of sp³-hybridized carbons (Fsp3) is 0.281. The molecular weight excluding hydrogens is 532 g/mol. The number of aryl methyl sites for hydroxylation is 2. The Morgan fingerprint density at radius 2 is 1.74 bits per heavy atom. The molecule has 0 saturated heterocycles. The number of ether oxygens (including phenoxy) is 2. The molecule has 0 aliphatic heterocycles. The molecule has 0 radical (unpaired) electrons.